The molecular formula is C17H21N5O4. The molecular weight excluding hydrogens is 338 g/mol. The van der Waals surface area contributed by atoms with Crippen molar-refractivity contribution >= 4 is 11.6 Å². The molecule has 0 bridgehead atoms. The van der Waals surface area contributed by atoms with E-state index in [1.807, 2.05) is 6.92 Å². The minimum absolute atomic E-state index is 0.157. The number of hydrogen-bond donors (Lipinski definition) is 1. The average Bonchev–Trinajstić information content (AvgIpc) is 3.44. The van der Waals surface area contributed by atoms with E-state index in [1.54, 1.807) is 6.92 Å². The van der Waals surface area contributed by atoms with Crippen LogP contribution in [0.3, 0.4) is 0 Å². The Morgan fingerprint density at radius 3 is 2.69 bits per heavy atom. The van der Waals surface area contributed by atoms with Crippen LogP contribution in [0.4, 0.5) is 5.69 Å². The van der Waals surface area contributed by atoms with E-state index in [1.165, 1.54) is 23.2 Å². The average molecular weight is 359 g/mol. The Morgan fingerprint density at radius 1 is 1.27 bits per heavy atom. The van der Waals surface area contributed by atoms with Gasteiger partial charge in [0.05, 0.1) is 31.4 Å². The van der Waals surface area contributed by atoms with E-state index in [2.05, 4.69) is 20.3 Å². The molecule has 0 radical (unpaired) electrons. The van der Waals surface area contributed by atoms with E-state index >= 15 is 0 Å². The normalized spacial score (nSPS) is 13.3. The molecule has 1 aliphatic rings. The van der Waals surface area contributed by atoms with E-state index in [4.69, 9.17) is 9.47 Å². The van der Waals surface area contributed by atoms with Crippen LogP contribution in [-0.2, 0) is 11.3 Å². The summed E-state index contributed by atoms with van der Waals surface area (Å²) in [7, 11) is 0. The summed E-state index contributed by atoms with van der Waals surface area (Å²) in [6, 6.07) is 1.67. The molecule has 3 rings (SSSR count). The van der Waals surface area contributed by atoms with Gasteiger partial charge in [0.1, 0.15) is 12.2 Å². The highest BCUT2D eigenvalue weighted by Gasteiger charge is 2.25. The first-order valence-corrected chi connectivity index (χ1v) is 8.59. The second kappa shape index (κ2) is 7.94. The molecule has 9 nitrogen and oxygen atoms in total. The van der Waals surface area contributed by atoms with Crippen LogP contribution in [0.2, 0.25) is 0 Å². The van der Waals surface area contributed by atoms with Gasteiger partial charge in [-0.05, 0) is 26.7 Å². The summed E-state index contributed by atoms with van der Waals surface area (Å²) in [4.78, 5) is 36.8. The Labute approximate surface area is 150 Å². The van der Waals surface area contributed by atoms with Gasteiger partial charge in [0.25, 0.3) is 5.56 Å². The molecule has 2 heterocycles. The third-order valence-corrected chi connectivity index (χ3v) is 3.77. The summed E-state index contributed by atoms with van der Waals surface area (Å²) in [5, 5.41) is 2.66. The van der Waals surface area contributed by atoms with Gasteiger partial charge in [-0.15, -0.1) is 0 Å². The molecule has 0 atom stereocenters. The lowest BCUT2D eigenvalue weighted by molar-refractivity contribution is -0.116. The van der Waals surface area contributed by atoms with Crippen molar-refractivity contribution < 1.29 is 14.3 Å². The molecule has 2 aromatic rings. The number of nitrogens with one attached hydrogen (secondary N) is 1. The van der Waals surface area contributed by atoms with Crippen LogP contribution < -0.4 is 20.3 Å². The standard InChI is InChI=1S/C17H21N5O4/c1-3-25-16-13(8-18-17(21-16)26-4-2)20-14(23)9-22-10-19-12(7-15(22)24)11-5-6-11/h7-8,10-11H,3-6,9H2,1-2H3,(H,20,23). The second-order valence-corrected chi connectivity index (χ2v) is 5.84. The molecule has 0 aromatic carbocycles. The summed E-state index contributed by atoms with van der Waals surface area (Å²) in [6.45, 7) is 4.26. The Balaban J connectivity index is 1.70. The zero-order valence-electron chi connectivity index (χ0n) is 14.8. The molecule has 0 spiro atoms. The van der Waals surface area contributed by atoms with E-state index in [-0.39, 0.29) is 24.0 Å². The first kappa shape index (κ1) is 17.8. The number of carbonyl (C=O) groups is 1. The Hall–Kier alpha value is -2.97. The van der Waals surface area contributed by atoms with Crippen molar-refractivity contribution in [3.8, 4) is 11.9 Å². The first-order valence-electron chi connectivity index (χ1n) is 8.59. The Kier molecular flexibility index (Phi) is 5.45. The van der Waals surface area contributed by atoms with Crippen molar-refractivity contribution in [3.05, 3.63) is 34.6 Å². The zero-order chi connectivity index (χ0) is 18.5. The van der Waals surface area contributed by atoms with Gasteiger partial charge in [0.2, 0.25) is 11.8 Å². The van der Waals surface area contributed by atoms with Gasteiger partial charge in [0.15, 0.2) is 0 Å². The number of anilines is 1. The van der Waals surface area contributed by atoms with Gasteiger partial charge < -0.3 is 14.8 Å². The van der Waals surface area contributed by atoms with Crippen LogP contribution in [0.15, 0.2) is 23.4 Å². The molecule has 138 valence electrons. The fraction of sp³-hybridized carbons (Fsp3) is 0.471. The third kappa shape index (κ3) is 4.35. The molecule has 1 amide bonds. The van der Waals surface area contributed by atoms with Crippen molar-refractivity contribution in [3.63, 3.8) is 0 Å². The fourth-order valence-corrected chi connectivity index (χ4v) is 2.39. The summed E-state index contributed by atoms with van der Waals surface area (Å²) >= 11 is 0. The van der Waals surface area contributed by atoms with Gasteiger partial charge in [-0.3, -0.25) is 14.2 Å². The molecule has 0 unspecified atom stereocenters. The molecule has 0 saturated heterocycles. The van der Waals surface area contributed by atoms with E-state index in [0.29, 0.717) is 24.8 Å². The summed E-state index contributed by atoms with van der Waals surface area (Å²) in [6.07, 6.45) is 4.95. The molecule has 1 aliphatic carbocycles. The third-order valence-electron chi connectivity index (χ3n) is 3.77. The van der Waals surface area contributed by atoms with Crippen LogP contribution in [0.1, 0.15) is 38.3 Å². The maximum Gasteiger partial charge on any atom is 0.319 e. The van der Waals surface area contributed by atoms with Crippen molar-refractivity contribution in [1.29, 1.82) is 0 Å². The lowest BCUT2D eigenvalue weighted by atomic mass is 10.3. The zero-order valence-corrected chi connectivity index (χ0v) is 14.8. The lowest BCUT2D eigenvalue weighted by Crippen LogP contribution is -2.28. The van der Waals surface area contributed by atoms with E-state index < -0.39 is 5.91 Å². The SMILES string of the molecule is CCOc1ncc(NC(=O)Cn2cnc(C3CC3)cc2=O)c(OCC)n1. The fourth-order valence-electron chi connectivity index (χ4n) is 2.39. The minimum atomic E-state index is -0.401. The topological polar surface area (TPSA) is 108 Å². The molecule has 0 aliphatic heterocycles. The smallest absolute Gasteiger partial charge is 0.319 e. The highest BCUT2D eigenvalue weighted by molar-refractivity contribution is 5.91. The quantitative estimate of drug-likeness (QED) is 0.758. The van der Waals surface area contributed by atoms with Gasteiger partial charge in [0, 0.05) is 12.0 Å². The first-order chi connectivity index (χ1) is 12.6. The largest absolute Gasteiger partial charge is 0.476 e. The van der Waals surface area contributed by atoms with Crippen molar-refractivity contribution in [1.82, 2.24) is 19.5 Å². The molecule has 2 aromatic heterocycles. The highest BCUT2D eigenvalue weighted by atomic mass is 16.5. The number of ether oxygens (including phenoxy) is 2. The predicted octanol–water partition coefficient (Wildman–Crippen LogP) is 1.35. The Bertz CT molecular complexity index is 847. The van der Waals surface area contributed by atoms with Crippen molar-refractivity contribution in [2.24, 2.45) is 0 Å². The monoisotopic (exact) mass is 359 g/mol. The highest BCUT2D eigenvalue weighted by Crippen LogP contribution is 2.38. The predicted molar refractivity (Wildman–Crippen MR) is 93.5 cm³/mol. The maximum atomic E-state index is 12.3. The maximum absolute atomic E-state index is 12.3. The Morgan fingerprint density at radius 2 is 2.04 bits per heavy atom. The number of rotatable bonds is 8. The van der Waals surface area contributed by atoms with Gasteiger partial charge >= 0.3 is 6.01 Å². The number of nitrogens with zero attached hydrogens (tertiary/aromatic N) is 4. The number of carbonyl (C=O) groups excluding carboxylic acids is 1. The van der Waals surface area contributed by atoms with Crippen molar-refractivity contribution in [2.75, 3.05) is 18.5 Å². The number of hydrogen-bond acceptors (Lipinski definition) is 7. The van der Waals surface area contributed by atoms with Crippen LogP contribution >= 0.6 is 0 Å². The molecule has 26 heavy (non-hydrogen) atoms. The van der Waals surface area contributed by atoms with Gasteiger partial charge in [-0.2, -0.15) is 4.98 Å². The molecule has 1 fully saturated rings. The van der Waals surface area contributed by atoms with Gasteiger partial charge in [-0.25, -0.2) is 9.97 Å². The summed E-state index contributed by atoms with van der Waals surface area (Å²) < 4.78 is 11.9. The van der Waals surface area contributed by atoms with Crippen LogP contribution in [0, 0.1) is 0 Å². The number of aromatic nitrogens is 4. The minimum Gasteiger partial charge on any atom is -0.476 e. The number of amides is 1. The molecule has 9 heteroatoms. The second-order valence-electron chi connectivity index (χ2n) is 5.84. The molecule has 1 saturated carbocycles. The van der Waals surface area contributed by atoms with Gasteiger partial charge in [-0.1, -0.05) is 0 Å². The van der Waals surface area contributed by atoms with Crippen LogP contribution in [0.5, 0.6) is 11.9 Å². The van der Waals surface area contributed by atoms with E-state index in [9.17, 15) is 9.59 Å². The molecule has 1 N–H and O–H groups in total. The summed E-state index contributed by atoms with van der Waals surface area (Å²) in [5.74, 6) is 0.205. The lowest BCUT2D eigenvalue weighted by Gasteiger charge is -2.12. The summed E-state index contributed by atoms with van der Waals surface area (Å²) in [5.41, 5.74) is 0.867. The van der Waals surface area contributed by atoms with E-state index in [0.717, 1.165) is 18.5 Å². The van der Waals surface area contributed by atoms with Crippen LogP contribution in [0.25, 0.3) is 0 Å². The van der Waals surface area contributed by atoms with Crippen LogP contribution in [-0.4, -0.2) is 38.6 Å². The van der Waals surface area contributed by atoms with Crippen molar-refractivity contribution in [2.45, 2.75) is 39.2 Å².